The second-order valence-corrected chi connectivity index (χ2v) is 3.09. The van der Waals surface area contributed by atoms with Crippen LogP contribution in [0.5, 0.6) is 0 Å². The van der Waals surface area contributed by atoms with Gasteiger partial charge in [0.2, 0.25) is 0 Å². The molecule has 0 aliphatic rings. The molecular formula is C10H12N2O2. The molecule has 0 aromatic carbocycles. The summed E-state index contributed by atoms with van der Waals surface area (Å²) in [5.74, 6) is 1.98. The number of hydrogen-bond donors (Lipinski definition) is 1. The van der Waals surface area contributed by atoms with Crippen LogP contribution in [-0.2, 0) is 6.42 Å². The Kier molecular flexibility index (Phi) is 2.37. The van der Waals surface area contributed by atoms with Gasteiger partial charge in [0.15, 0.2) is 5.76 Å². The van der Waals surface area contributed by atoms with Gasteiger partial charge in [-0.05, 0) is 26.0 Å². The first-order valence-corrected chi connectivity index (χ1v) is 4.50. The number of rotatable bonds is 3. The van der Waals surface area contributed by atoms with Crippen LogP contribution in [0.4, 0.5) is 0 Å². The van der Waals surface area contributed by atoms with E-state index in [1.165, 1.54) is 0 Å². The minimum atomic E-state index is 0.524. The molecule has 2 aromatic heterocycles. The summed E-state index contributed by atoms with van der Waals surface area (Å²) in [5.41, 5.74) is 6.52. The van der Waals surface area contributed by atoms with E-state index < -0.39 is 0 Å². The summed E-state index contributed by atoms with van der Waals surface area (Å²) in [5, 5.41) is 0. The Hall–Kier alpha value is -1.55. The van der Waals surface area contributed by atoms with Gasteiger partial charge < -0.3 is 14.6 Å². The molecule has 2 aromatic rings. The molecule has 74 valence electrons. The zero-order valence-corrected chi connectivity index (χ0v) is 7.99. The minimum Gasteiger partial charge on any atom is -0.459 e. The van der Waals surface area contributed by atoms with Gasteiger partial charge >= 0.3 is 0 Å². The van der Waals surface area contributed by atoms with Crippen LogP contribution >= 0.6 is 0 Å². The maximum atomic E-state index is 5.48. The average molecular weight is 192 g/mol. The second-order valence-electron chi connectivity index (χ2n) is 3.09. The van der Waals surface area contributed by atoms with Crippen LogP contribution in [0.2, 0.25) is 0 Å². The van der Waals surface area contributed by atoms with E-state index in [1.54, 1.807) is 12.5 Å². The highest BCUT2D eigenvalue weighted by molar-refractivity contribution is 5.50. The second kappa shape index (κ2) is 3.67. The summed E-state index contributed by atoms with van der Waals surface area (Å²) in [4.78, 5) is 4.10. The first-order valence-electron chi connectivity index (χ1n) is 4.50. The van der Waals surface area contributed by atoms with E-state index in [9.17, 15) is 0 Å². The van der Waals surface area contributed by atoms with Crippen molar-refractivity contribution in [3.05, 3.63) is 29.9 Å². The van der Waals surface area contributed by atoms with Crippen LogP contribution in [0.3, 0.4) is 0 Å². The van der Waals surface area contributed by atoms with Gasteiger partial charge in [-0.3, -0.25) is 0 Å². The lowest BCUT2D eigenvalue weighted by atomic mass is 10.2. The monoisotopic (exact) mass is 192 g/mol. The van der Waals surface area contributed by atoms with Crippen LogP contribution in [0.25, 0.3) is 11.7 Å². The molecule has 0 aliphatic carbocycles. The zero-order chi connectivity index (χ0) is 9.97. The fraction of sp³-hybridized carbons (Fsp3) is 0.300. The standard InChI is InChI=1S/C10H12N2O2/c1-7-6-12-10(14-7)9-8(2-4-11)3-5-13-9/h3,5-6H,2,4,11H2,1H3. The molecule has 0 aliphatic heterocycles. The van der Waals surface area contributed by atoms with Crippen molar-refractivity contribution >= 4 is 0 Å². The molecule has 14 heavy (non-hydrogen) atoms. The zero-order valence-electron chi connectivity index (χ0n) is 7.99. The smallest absolute Gasteiger partial charge is 0.263 e. The molecule has 4 nitrogen and oxygen atoms in total. The predicted octanol–water partition coefficient (Wildman–Crippen LogP) is 1.74. The van der Waals surface area contributed by atoms with Gasteiger partial charge in [0, 0.05) is 5.56 Å². The maximum Gasteiger partial charge on any atom is 0.263 e. The van der Waals surface area contributed by atoms with E-state index in [0.29, 0.717) is 18.2 Å². The van der Waals surface area contributed by atoms with E-state index in [2.05, 4.69) is 4.98 Å². The lowest BCUT2D eigenvalue weighted by Gasteiger charge is -1.95. The molecule has 0 atom stereocenters. The third kappa shape index (κ3) is 1.56. The number of nitrogens with two attached hydrogens (primary N) is 1. The molecule has 0 unspecified atom stereocenters. The molecule has 0 radical (unpaired) electrons. The van der Waals surface area contributed by atoms with Gasteiger partial charge in [0.25, 0.3) is 5.89 Å². The third-order valence-electron chi connectivity index (χ3n) is 1.98. The molecule has 0 fully saturated rings. The quantitative estimate of drug-likeness (QED) is 0.804. The summed E-state index contributed by atoms with van der Waals surface area (Å²) in [6.07, 6.45) is 4.07. The molecule has 4 heteroatoms. The number of hydrogen-bond acceptors (Lipinski definition) is 4. The van der Waals surface area contributed by atoms with Gasteiger partial charge in [-0.15, -0.1) is 0 Å². The average Bonchev–Trinajstić information content (AvgIpc) is 2.74. The van der Waals surface area contributed by atoms with Crippen molar-refractivity contribution in [2.75, 3.05) is 6.54 Å². The van der Waals surface area contributed by atoms with Crippen molar-refractivity contribution in [1.82, 2.24) is 4.98 Å². The van der Waals surface area contributed by atoms with Crippen LogP contribution in [0.15, 0.2) is 27.4 Å². The van der Waals surface area contributed by atoms with Crippen LogP contribution in [0, 0.1) is 6.92 Å². The minimum absolute atomic E-state index is 0.524. The first-order chi connectivity index (χ1) is 6.81. The normalized spacial score (nSPS) is 10.7. The van der Waals surface area contributed by atoms with E-state index in [0.717, 1.165) is 17.7 Å². The summed E-state index contributed by atoms with van der Waals surface area (Å²) < 4.78 is 10.7. The molecule has 0 saturated heterocycles. The Balaban J connectivity index is 2.36. The molecule has 0 bridgehead atoms. The Bertz CT molecular complexity index is 417. The molecule has 2 N–H and O–H groups in total. The van der Waals surface area contributed by atoms with Gasteiger partial charge in [0.1, 0.15) is 5.76 Å². The maximum absolute atomic E-state index is 5.48. The number of nitrogens with zero attached hydrogens (tertiary/aromatic N) is 1. The lowest BCUT2D eigenvalue weighted by molar-refractivity contribution is 0.499. The highest BCUT2D eigenvalue weighted by Gasteiger charge is 2.12. The van der Waals surface area contributed by atoms with Crippen LogP contribution in [-0.4, -0.2) is 11.5 Å². The lowest BCUT2D eigenvalue weighted by Crippen LogP contribution is -2.02. The fourth-order valence-electron chi connectivity index (χ4n) is 1.34. The van der Waals surface area contributed by atoms with Crippen LogP contribution in [0.1, 0.15) is 11.3 Å². The Morgan fingerprint density at radius 1 is 1.50 bits per heavy atom. The Morgan fingerprint density at radius 2 is 2.36 bits per heavy atom. The van der Waals surface area contributed by atoms with Crippen molar-refractivity contribution in [3.63, 3.8) is 0 Å². The number of aryl methyl sites for hydroxylation is 1. The Morgan fingerprint density at radius 3 is 3.00 bits per heavy atom. The highest BCUT2D eigenvalue weighted by atomic mass is 16.4. The van der Waals surface area contributed by atoms with Crippen molar-refractivity contribution in [2.45, 2.75) is 13.3 Å². The topological polar surface area (TPSA) is 65.2 Å². The largest absolute Gasteiger partial charge is 0.459 e. The Labute approximate surface area is 81.7 Å². The van der Waals surface area contributed by atoms with Gasteiger partial charge in [-0.25, -0.2) is 4.98 Å². The van der Waals surface area contributed by atoms with Crippen molar-refractivity contribution in [1.29, 1.82) is 0 Å². The summed E-state index contributed by atoms with van der Waals surface area (Å²) in [6.45, 7) is 2.44. The molecule has 0 amide bonds. The van der Waals surface area contributed by atoms with E-state index in [-0.39, 0.29) is 0 Å². The highest BCUT2D eigenvalue weighted by Crippen LogP contribution is 2.24. The van der Waals surface area contributed by atoms with Crippen LogP contribution < -0.4 is 5.73 Å². The van der Waals surface area contributed by atoms with E-state index >= 15 is 0 Å². The molecule has 0 saturated carbocycles. The number of oxazole rings is 1. The SMILES string of the molecule is Cc1cnc(-c2occc2CCN)o1. The third-order valence-corrected chi connectivity index (χ3v) is 1.98. The van der Waals surface area contributed by atoms with E-state index in [4.69, 9.17) is 14.6 Å². The van der Waals surface area contributed by atoms with Gasteiger partial charge in [-0.1, -0.05) is 0 Å². The molecule has 2 rings (SSSR count). The number of furan rings is 1. The first kappa shape index (κ1) is 9.02. The van der Waals surface area contributed by atoms with Crippen molar-refractivity contribution in [3.8, 4) is 11.7 Å². The molecular weight excluding hydrogens is 180 g/mol. The van der Waals surface area contributed by atoms with E-state index in [1.807, 2.05) is 13.0 Å². The molecule has 0 spiro atoms. The number of aromatic nitrogens is 1. The summed E-state index contributed by atoms with van der Waals surface area (Å²) >= 11 is 0. The predicted molar refractivity (Wildman–Crippen MR) is 51.7 cm³/mol. The van der Waals surface area contributed by atoms with Crippen molar-refractivity contribution < 1.29 is 8.83 Å². The fourth-order valence-corrected chi connectivity index (χ4v) is 1.34. The van der Waals surface area contributed by atoms with Gasteiger partial charge in [0.05, 0.1) is 12.5 Å². The summed E-state index contributed by atoms with van der Waals surface area (Å²) in [7, 11) is 0. The summed E-state index contributed by atoms with van der Waals surface area (Å²) in [6, 6.07) is 1.89. The van der Waals surface area contributed by atoms with Crippen molar-refractivity contribution in [2.24, 2.45) is 5.73 Å². The van der Waals surface area contributed by atoms with Gasteiger partial charge in [-0.2, -0.15) is 0 Å². The molecule has 2 heterocycles.